The van der Waals surface area contributed by atoms with Crippen molar-refractivity contribution in [3.63, 3.8) is 0 Å². The molecule has 3 aromatic heterocycles. The van der Waals surface area contributed by atoms with Crippen LogP contribution in [0.3, 0.4) is 0 Å². The van der Waals surface area contributed by atoms with Crippen molar-refractivity contribution in [2.24, 2.45) is 0 Å². The van der Waals surface area contributed by atoms with E-state index in [1.54, 1.807) is 0 Å². The van der Waals surface area contributed by atoms with E-state index >= 15 is 0 Å². The van der Waals surface area contributed by atoms with E-state index in [1.807, 2.05) is 12.1 Å². The molecule has 0 radical (unpaired) electrons. The van der Waals surface area contributed by atoms with E-state index in [0.29, 0.717) is 0 Å². The summed E-state index contributed by atoms with van der Waals surface area (Å²) in [7, 11) is 0. The summed E-state index contributed by atoms with van der Waals surface area (Å²) in [5, 5.41) is 7.44. The Morgan fingerprint density at radius 1 is 0.296 bits per heavy atom. The number of nitrogens with zero attached hydrogens (tertiary/aromatic N) is 3. The number of aromatic nitrogens is 3. The van der Waals surface area contributed by atoms with Crippen LogP contribution in [0.1, 0.15) is 0 Å². The summed E-state index contributed by atoms with van der Waals surface area (Å²) in [5.41, 5.74) is 13.5. The fourth-order valence-corrected chi connectivity index (χ4v) is 8.39. The number of hydrogen-bond donors (Lipinski definition) is 0. The second-order valence-electron chi connectivity index (χ2n) is 14.0. The molecule has 0 amide bonds. The van der Waals surface area contributed by atoms with Gasteiger partial charge in [0.25, 0.3) is 0 Å². The van der Waals surface area contributed by atoms with Crippen LogP contribution in [0.2, 0.25) is 0 Å². The zero-order valence-electron chi connectivity index (χ0n) is 29.4. The van der Waals surface area contributed by atoms with Crippen LogP contribution in [0.4, 0.5) is 0 Å². The molecule has 0 aliphatic carbocycles. The van der Waals surface area contributed by atoms with E-state index in [4.69, 9.17) is 4.98 Å². The zero-order valence-corrected chi connectivity index (χ0v) is 29.4. The maximum Gasteiger partial charge on any atom is 0.0715 e. The Balaban J connectivity index is 1.10. The van der Waals surface area contributed by atoms with Gasteiger partial charge in [-0.3, -0.25) is 0 Å². The minimum absolute atomic E-state index is 0.963. The monoisotopic (exact) mass is 687 g/mol. The summed E-state index contributed by atoms with van der Waals surface area (Å²) in [6, 6.07) is 72.0. The van der Waals surface area contributed by atoms with E-state index in [0.717, 1.165) is 39.3 Å². The normalized spacial score (nSPS) is 11.7. The van der Waals surface area contributed by atoms with E-state index < -0.39 is 0 Å². The first-order valence-electron chi connectivity index (χ1n) is 18.5. The molecule has 0 fully saturated rings. The van der Waals surface area contributed by atoms with Crippen molar-refractivity contribution in [2.75, 3.05) is 0 Å². The van der Waals surface area contributed by atoms with Gasteiger partial charge in [-0.2, -0.15) is 0 Å². The number of hydrogen-bond acceptors (Lipinski definition) is 1. The molecule has 0 saturated heterocycles. The molecule has 0 N–H and O–H groups in total. The van der Waals surface area contributed by atoms with Gasteiger partial charge in [0.2, 0.25) is 0 Å². The third kappa shape index (κ3) is 4.79. The molecule has 0 aliphatic rings. The van der Waals surface area contributed by atoms with E-state index in [1.165, 1.54) is 60.1 Å². The maximum absolute atomic E-state index is 5.10. The summed E-state index contributed by atoms with van der Waals surface area (Å²) in [6.45, 7) is 0. The Bertz CT molecular complexity index is 3130. The molecular weight excluding hydrogens is 655 g/mol. The summed E-state index contributed by atoms with van der Waals surface area (Å²) < 4.78 is 4.88. The van der Waals surface area contributed by atoms with Gasteiger partial charge in [-0.05, 0) is 71.1 Å². The lowest BCUT2D eigenvalue weighted by atomic mass is 10.00. The largest absolute Gasteiger partial charge is 0.309 e. The van der Waals surface area contributed by atoms with Gasteiger partial charge in [0.15, 0.2) is 0 Å². The van der Waals surface area contributed by atoms with Crippen molar-refractivity contribution in [3.8, 4) is 45.0 Å². The zero-order chi connectivity index (χ0) is 35.6. The maximum atomic E-state index is 5.10. The van der Waals surface area contributed by atoms with Gasteiger partial charge >= 0.3 is 0 Å². The van der Waals surface area contributed by atoms with E-state index in [9.17, 15) is 0 Å². The van der Waals surface area contributed by atoms with E-state index in [-0.39, 0.29) is 0 Å². The van der Waals surface area contributed by atoms with Gasteiger partial charge in [-0.25, -0.2) is 4.98 Å². The first-order chi connectivity index (χ1) is 26.8. The van der Waals surface area contributed by atoms with Crippen LogP contribution in [-0.2, 0) is 0 Å². The number of pyridine rings is 1. The molecule has 0 spiro atoms. The van der Waals surface area contributed by atoms with Crippen LogP contribution >= 0.6 is 0 Å². The molecule has 0 unspecified atom stereocenters. The van der Waals surface area contributed by atoms with Gasteiger partial charge in [0.1, 0.15) is 0 Å². The van der Waals surface area contributed by atoms with Crippen molar-refractivity contribution in [1.82, 2.24) is 14.1 Å². The van der Waals surface area contributed by atoms with Gasteiger partial charge in [-0.1, -0.05) is 146 Å². The van der Waals surface area contributed by atoms with Crippen LogP contribution in [-0.4, -0.2) is 14.1 Å². The fraction of sp³-hybridized carbons (Fsp3) is 0. The van der Waals surface area contributed by atoms with Crippen molar-refractivity contribution in [1.29, 1.82) is 0 Å². The molecular formula is C51H33N3. The average molecular weight is 688 g/mol. The molecule has 0 atom stereocenters. The fourth-order valence-electron chi connectivity index (χ4n) is 8.39. The molecule has 3 heterocycles. The molecule has 0 bridgehead atoms. The van der Waals surface area contributed by atoms with Gasteiger partial charge in [0, 0.05) is 43.7 Å². The SMILES string of the molecule is c1ccc(-c2cc(-c3ccc(-n4c5ccccc5c5cc6c(cc54)c4ccccc4n6-c4cccc5ccccc45)cc3)cc(-c3ccccc3)n2)cc1. The second kappa shape index (κ2) is 12.2. The molecule has 3 nitrogen and oxygen atoms in total. The highest BCUT2D eigenvalue weighted by atomic mass is 15.0. The first-order valence-corrected chi connectivity index (χ1v) is 18.5. The molecule has 11 aromatic rings. The van der Waals surface area contributed by atoms with Crippen LogP contribution < -0.4 is 0 Å². The highest BCUT2D eigenvalue weighted by Gasteiger charge is 2.19. The first kappa shape index (κ1) is 30.4. The Hall–Kier alpha value is -7.23. The number of fused-ring (bicyclic) bond motifs is 7. The predicted molar refractivity (Wildman–Crippen MR) is 227 cm³/mol. The highest BCUT2D eigenvalue weighted by molar-refractivity contribution is 6.19. The molecule has 3 heteroatoms. The molecule has 11 rings (SSSR count). The standard InChI is InChI=1S/C51H33N3/c1-3-15-36(16-4-1)45-30-38(31-46(52-45)37-17-5-2-6-18-37)34-26-28-39(29-27-34)53-48-23-11-9-21-41(48)43-33-51-44(32-50(43)53)42-22-10-12-24-49(42)54(51)47-25-13-19-35-14-7-8-20-40(35)47/h1-33H. The van der Waals surface area contributed by atoms with Crippen LogP contribution in [0.15, 0.2) is 200 Å². The van der Waals surface area contributed by atoms with Crippen LogP contribution in [0.5, 0.6) is 0 Å². The number of para-hydroxylation sites is 2. The summed E-state index contributed by atoms with van der Waals surface area (Å²) in [6.07, 6.45) is 0. The number of rotatable bonds is 5. The summed E-state index contributed by atoms with van der Waals surface area (Å²) >= 11 is 0. The average Bonchev–Trinajstić information content (AvgIpc) is 3.75. The number of benzene rings is 8. The Morgan fingerprint density at radius 3 is 1.43 bits per heavy atom. The Morgan fingerprint density at radius 2 is 0.796 bits per heavy atom. The van der Waals surface area contributed by atoms with E-state index in [2.05, 4.69) is 197 Å². The third-order valence-electron chi connectivity index (χ3n) is 10.9. The minimum atomic E-state index is 0.963. The van der Waals surface area contributed by atoms with Crippen LogP contribution in [0.25, 0.3) is 99.4 Å². The lowest BCUT2D eigenvalue weighted by Crippen LogP contribution is -1.96. The van der Waals surface area contributed by atoms with Gasteiger partial charge in [0.05, 0.1) is 39.1 Å². The smallest absolute Gasteiger partial charge is 0.0715 e. The van der Waals surface area contributed by atoms with Gasteiger partial charge < -0.3 is 9.13 Å². The molecule has 8 aromatic carbocycles. The van der Waals surface area contributed by atoms with Crippen molar-refractivity contribution in [2.45, 2.75) is 0 Å². The second-order valence-corrected chi connectivity index (χ2v) is 14.0. The topological polar surface area (TPSA) is 22.8 Å². The summed E-state index contributed by atoms with van der Waals surface area (Å²) in [5.74, 6) is 0. The molecule has 54 heavy (non-hydrogen) atoms. The molecule has 252 valence electrons. The van der Waals surface area contributed by atoms with Crippen molar-refractivity contribution in [3.05, 3.63) is 200 Å². The van der Waals surface area contributed by atoms with Crippen LogP contribution in [0, 0.1) is 0 Å². The minimum Gasteiger partial charge on any atom is -0.309 e. The Kier molecular flexibility index (Phi) is 6.86. The third-order valence-corrected chi connectivity index (χ3v) is 10.9. The highest BCUT2D eigenvalue weighted by Crippen LogP contribution is 2.41. The molecule has 0 aliphatic heterocycles. The predicted octanol–water partition coefficient (Wildman–Crippen LogP) is 13.4. The Labute approximate surface area is 312 Å². The quantitative estimate of drug-likeness (QED) is 0.177. The summed E-state index contributed by atoms with van der Waals surface area (Å²) in [4.78, 5) is 5.10. The lowest BCUT2D eigenvalue weighted by molar-refractivity contribution is 1.18. The van der Waals surface area contributed by atoms with Gasteiger partial charge in [-0.15, -0.1) is 0 Å². The lowest BCUT2D eigenvalue weighted by Gasteiger charge is -2.13. The van der Waals surface area contributed by atoms with Crippen molar-refractivity contribution < 1.29 is 0 Å². The van der Waals surface area contributed by atoms with Crippen molar-refractivity contribution >= 4 is 54.4 Å². The molecule has 0 saturated carbocycles.